The first-order valence-corrected chi connectivity index (χ1v) is 6.13. The Morgan fingerprint density at radius 2 is 2.00 bits per heavy atom. The molecule has 0 fully saturated rings. The van der Waals surface area contributed by atoms with Gasteiger partial charge in [0.05, 0.1) is 23.6 Å². The van der Waals surface area contributed by atoms with Gasteiger partial charge in [0.25, 0.3) is 0 Å². The number of thiocarbonyl (C=S) groups is 1. The van der Waals surface area contributed by atoms with Crippen LogP contribution < -0.4 is 11.1 Å². The minimum Gasteiger partial charge on any atom is -0.376 e. The number of benzene rings is 1. The summed E-state index contributed by atoms with van der Waals surface area (Å²) in [6.45, 7) is 4.69. The highest BCUT2D eigenvalue weighted by Crippen LogP contribution is 2.20. The summed E-state index contributed by atoms with van der Waals surface area (Å²) in [5.41, 5.74) is 9.55. The number of nitrogens with two attached hydrogens (primary N) is 1. The predicted molar refractivity (Wildman–Crippen MR) is 77.7 cm³/mol. The minimum absolute atomic E-state index is 0.264. The molecular weight excluding hydrogens is 244 g/mol. The van der Waals surface area contributed by atoms with Crippen molar-refractivity contribution in [2.24, 2.45) is 5.73 Å². The van der Waals surface area contributed by atoms with Gasteiger partial charge in [-0.3, -0.25) is 4.68 Å². The normalized spacial score (nSPS) is 10.3. The lowest BCUT2D eigenvalue weighted by Crippen LogP contribution is -2.19. The molecule has 0 aliphatic rings. The van der Waals surface area contributed by atoms with E-state index in [4.69, 9.17) is 18.0 Å². The fourth-order valence-electron chi connectivity index (χ4n) is 1.91. The molecule has 1 aromatic carbocycles. The number of aryl methyl sites for hydroxylation is 1. The molecule has 94 valence electrons. The third-order valence-electron chi connectivity index (χ3n) is 2.80. The van der Waals surface area contributed by atoms with E-state index >= 15 is 0 Å². The highest BCUT2D eigenvalue weighted by Gasteiger charge is 2.11. The van der Waals surface area contributed by atoms with E-state index in [0.29, 0.717) is 0 Å². The standard InChI is InChI=1S/C13H16N4S/c1-9-12(15-13(14)18)10(2)17(16-9)8-11-6-4-3-5-7-11/h3-7H,8H2,1-2H3,(H3,14,15,18). The van der Waals surface area contributed by atoms with E-state index in [9.17, 15) is 0 Å². The number of nitrogens with zero attached hydrogens (tertiary/aromatic N) is 2. The van der Waals surface area contributed by atoms with Crippen molar-refractivity contribution in [3.63, 3.8) is 0 Å². The Hall–Kier alpha value is -1.88. The summed E-state index contributed by atoms with van der Waals surface area (Å²) >= 11 is 4.87. The number of anilines is 1. The molecular formula is C13H16N4S. The molecule has 0 aliphatic carbocycles. The third-order valence-corrected chi connectivity index (χ3v) is 2.91. The smallest absolute Gasteiger partial charge is 0.168 e. The molecule has 0 aliphatic heterocycles. The molecule has 2 rings (SSSR count). The summed E-state index contributed by atoms with van der Waals surface area (Å²) in [6, 6.07) is 10.2. The van der Waals surface area contributed by atoms with Crippen LogP contribution in [0.2, 0.25) is 0 Å². The zero-order valence-corrected chi connectivity index (χ0v) is 11.3. The molecule has 2 aromatic rings. The molecule has 0 saturated heterocycles. The lowest BCUT2D eigenvalue weighted by atomic mass is 10.2. The molecule has 4 nitrogen and oxygen atoms in total. The summed E-state index contributed by atoms with van der Waals surface area (Å²) in [6.07, 6.45) is 0. The lowest BCUT2D eigenvalue weighted by molar-refractivity contribution is 0.659. The van der Waals surface area contributed by atoms with Crippen molar-refractivity contribution in [1.82, 2.24) is 9.78 Å². The highest BCUT2D eigenvalue weighted by molar-refractivity contribution is 7.80. The van der Waals surface area contributed by atoms with Gasteiger partial charge in [0.2, 0.25) is 0 Å². The van der Waals surface area contributed by atoms with Crippen LogP contribution >= 0.6 is 12.2 Å². The van der Waals surface area contributed by atoms with E-state index < -0.39 is 0 Å². The van der Waals surface area contributed by atoms with E-state index in [0.717, 1.165) is 23.6 Å². The molecule has 3 N–H and O–H groups in total. The second kappa shape index (κ2) is 5.18. The Bertz CT molecular complexity index is 560. The molecule has 1 aromatic heterocycles. The van der Waals surface area contributed by atoms with Crippen molar-refractivity contribution in [2.45, 2.75) is 20.4 Å². The van der Waals surface area contributed by atoms with Gasteiger partial charge in [0.1, 0.15) is 0 Å². The van der Waals surface area contributed by atoms with Crippen LogP contribution in [0.4, 0.5) is 5.69 Å². The Morgan fingerprint density at radius 3 is 2.61 bits per heavy atom. The average Bonchev–Trinajstić information content (AvgIpc) is 2.58. The van der Waals surface area contributed by atoms with E-state index in [-0.39, 0.29) is 5.11 Å². The average molecular weight is 260 g/mol. The maximum Gasteiger partial charge on any atom is 0.168 e. The number of rotatable bonds is 3. The van der Waals surface area contributed by atoms with Crippen molar-refractivity contribution in [2.75, 3.05) is 5.32 Å². The highest BCUT2D eigenvalue weighted by atomic mass is 32.1. The number of aromatic nitrogens is 2. The number of hydrogen-bond donors (Lipinski definition) is 2. The first-order chi connectivity index (χ1) is 8.58. The van der Waals surface area contributed by atoms with Crippen LogP contribution in [0.5, 0.6) is 0 Å². The van der Waals surface area contributed by atoms with Gasteiger partial charge in [-0.1, -0.05) is 30.3 Å². The first kappa shape index (κ1) is 12.6. The Labute approximate surface area is 112 Å². The summed E-state index contributed by atoms with van der Waals surface area (Å²) in [7, 11) is 0. The molecule has 0 unspecified atom stereocenters. The topological polar surface area (TPSA) is 55.9 Å². The maximum atomic E-state index is 5.51. The SMILES string of the molecule is Cc1nn(Cc2ccccc2)c(C)c1NC(N)=S. The summed E-state index contributed by atoms with van der Waals surface area (Å²) < 4.78 is 1.95. The van der Waals surface area contributed by atoms with Crippen molar-refractivity contribution in [1.29, 1.82) is 0 Å². The van der Waals surface area contributed by atoms with Gasteiger partial charge in [0.15, 0.2) is 5.11 Å². The van der Waals surface area contributed by atoms with E-state index in [2.05, 4.69) is 22.5 Å². The van der Waals surface area contributed by atoms with Crippen LogP contribution in [0.3, 0.4) is 0 Å². The van der Waals surface area contributed by atoms with Gasteiger partial charge in [0, 0.05) is 0 Å². The molecule has 5 heteroatoms. The summed E-state index contributed by atoms with van der Waals surface area (Å²) in [5.74, 6) is 0. The minimum atomic E-state index is 0.264. The van der Waals surface area contributed by atoms with E-state index in [1.165, 1.54) is 5.56 Å². The monoisotopic (exact) mass is 260 g/mol. The Morgan fingerprint density at radius 1 is 1.33 bits per heavy atom. The van der Waals surface area contributed by atoms with Gasteiger partial charge in [-0.05, 0) is 31.6 Å². The fourth-order valence-corrected chi connectivity index (χ4v) is 2.01. The van der Waals surface area contributed by atoms with Crippen molar-refractivity contribution < 1.29 is 0 Å². The molecule has 0 spiro atoms. The molecule has 0 atom stereocenters. The van der Waals surface area contributed by atoms with Crippen LogP contribution in [0.15, 0.2) is 30.3 Å². The predicted octanol–water partition coefficient (Wildman–Crippen LogP) is 2.20. The second-order valence-electron chi connectivity index (χ2n) is 4.18. The summed E-state index contributed by atoms with van der Waals surface area (Å²) in [5, 5.41) is 7.74. The van der Waals surface area contributed by atoms with Crippen molar-refractivity contribution >= 4 is 23.0 Å². The zero-order chi connectivity index (χ0) is 13.1. The molecule has 18 heavy (non-hydrogen) atoms. The maximum absolute atomic E-state index is 5.51. The lowest BCUT2D eigenvalue weighted by Gasteiger charge is -2.06. The Kier molecular flexibility index (Phi) is 3.62. The molecule has 0 bridgehead atoms. The largest absolute Gasteiger partial charge is 0.376 e. The van der Waals surface area contributed by atoms with Crippen LogP contribution in [0.1, 0.15) is 17.0 Å². The van der Waals surface area contributed by atoms with Crippen LogP contribution in [0.25, 0.3) is 0 Å². The summed E-state index contributed by atoms with van der Waals surface area (Å²) in [4.78, 5) is 0. The quantitative estimate of drug-likeness (QED) is 0.831. The third kappa shape index (κ3) is 2.68. The second-order valence-corrected chi connectivity index (χ2v) is 4.62. The fraction of sp³-hybridized carbons (Fsp3) is 0.231. The molecule has 0 amide bonds. The number of hydrogen-bond acceptors (Lipinski definition) is 2. The zero-order valence-electron chi connectivity index (χ0n) is 10.5. The van der Waals surface area contributed by atoms with Gasteiger partial charge >= 0.3 is 0 Å². The van der Waals surface area contributed by atoms with Crippen molar-refractivity contribution in [3.05, 3.63) is 47.3 Å². The Balaban J connectivity index is 2.27. The van der Waals surface area contributed by atoms with E-state index in [1.807, 2.05) is 36.7 Å². The van der Waals surface area contributed by atoms with Crippen LogP contribution in [-0.2, 0) is 6.54 Å². The van der Waals surface area contributed by atoms with E-state index in [1.54, 1.807) is 0 Å². The van der Waals surface area contributed by atoms with Crippen LogP contribution in [0, 0.1) is 13.8 Å². The van der Waals surface area contributed by atoms with Gasteiger partial charge < -0.3 is 11.1 Å². The molecule has 0 radical (unpaired) electrons. The number of nitrogens with one attached hydrogen (secondary N) is 1. The van der Waals surface area contributed by atoms with Gasteiger partial charge in [-0.2, -0.15) is 5.10 Å². The van der Waals surface area contributed by atoms with Gasteiger partial charge in [-0.15, -0.1) is 0 Å². The van der Waals surface area contributed by atoms with Crippen molar-refractivity contribution in [3.8, 4) is 0 Å². The molecule has 0 saturated carbocycles. The first-order valence-electron chi connectivity index (χ1n) is 5.72. The van der Waals surface area contributed by atoms with Crippen LogP contribution in [-0.4, -0.2) is 14.9 Å². The van der Waals surface area contributed by atoms with Gasteiger partial charge in [-0.25, -0.2) is 0 Å². The molecule has 1 heterocycles.